The Kier molecular flexibility index (Phi) is 4.09. The van der Waals surface area contributed by atoms with Gasteiger partial charge in [0.25, 0.3) is 0 Å². The van der Waals surface area contributed by atoms with Crippen molar-refractivity contribution < 1.29 is 17.7 Å². The van der Waals surface area contributed by atoms with Gasteiger partial charge in [-0.25, -0.2) is 13.1 Å². The van der Waals surface area contributed by atoms with E-state index in [0.717, 1.165) is 0 Å². The number of sulfonamides is 1. The number of nitrogens with one attached hydrogen (secondary N) is 3. The van der Waals surface area contributed by atoms with Crippen LogP contribution in [-0.2, 0) is 14.8 Å². The molecule has 0 fully saturated rings. The molecule has 0 bridgehead atoms. The van der Waals surface area contributed by atoms with E-state index in [1.165, 1.54) is 6.07 Å². The van der Waals surface area contributed by atoms with Crippen molar-refractivity contribution in [3.05, 3.63) is 23.2 Å². The molecule has 0 aliphatic carbocycles. The molecular formula is C11H15N5O4S. The van der Waals surface area contributed by atoms with E-state index in [1.807, 2.05) is 0 Å². The Morgan fingerprint density at radius 3 is 2.62 bits per heavy atom. The second-order valence-corrected chi connectivity index (χ2v) is 6.16. The molecule has 0 radical (unpaired) electrons. The lowest BCUT2D eigenvalue weighted by molar-refractivity contribution is -0.115. The maximum atomic E-state index is 12.1. The van der Waals surface area contributed by atoms with Gasteiger partial charge in [0.05, 0.1) is 17.9 Å². The first kappa shape index (κ1) is 15.2. The number of aromatic nitrogens is 3. The number of rotatable bonds is 5. The highest BCUT2D eigenvalue weighted by Crippen LogP contribution is 2.15. The average molecular weight is 313 g/mol. The highest BCUT2D eigenvalue weighted by atomic mass is 32.2. The van der Waals surface area contributed by atoms with Gasteiger partial charge in [-0.2, -0.15) is 5.10 Å². The molecule has 2 heterocycles. The summed E-state index contributed by atoms with van der Waals surface area (Å²) >= 11 is 0. The summed E-state index contributed by atoms with van der Waals surface area (Å²) in [5.74, 6) is 0.216. The van der Waals surface area contributed by atoms with Crippen molar-refractivity contribution in [1.29, 1.82) is 0 Å². The van der Waals surface area contributed by atoms with Crippen LogP contribution >= 0.6 is 0 Å². The fraction of sp³-hybridized carbons (Fsp3) is 0.364. The first-order valence-electron chi connectivity index (χ1n) is 6.04. The molecule has 1 amide bonds. The third-order valence-electron chi connectivity index (χ3n) is 2.65. The number of hydrogen-bond donors (Lipinski definition) is 3. The van der Waals surface area contributed by atoms with Crippen LogP contribution in [0, 0.1) is 20.8 Å². The quantitative estimate of drug-likeness (QED) is 0.725. The third-order valence-corrected chi connectivity index (χ3v) is 4.31. The van der Waals surface area contributed by atoms with Crippen molar-refractivity contribution in [2.45, 2.75) is 25.7 Å². The average Bonchev–Trinajstić information content (AvgIpc) is 2.94. The number of aryl methyl sites for hydroxylation is 3. The third kappa shape index (κ3) is 3.47. The van der Waals surface area contributed by atoms with E-state index in [-0.39, 0.29) is 10.7 Å². The predicted molar refractivity (Wildman–Crippen MR) is 73.1 cm³/mol. The molecule has 0 aliphatic rings. The van der Waals surface area contributed by atoms with Gasteiger partial charge in [-0.3, -0.25) is 9.89 Å². The van der Waals surface area contributed by atoms with Crippen LogP contribution in [0.4, 0.5) is 5.82 Å². The molecule has 10 heteroatoms. The number of nitrogens with zero attached hydrogens (tertiary/aromatic N) is 2. The molecule has 114 valence electrons. The van der Waals surface area contributed by atoms with Crippen LogP contribution in [-0.4, -0.2) is 36.2 Å². The van der Waals surface area contributed by atoms with Gasteiger partial charge in [0.2, 0.25) is 15.9 Å². The van der Waals surface area contributed by atoms with Crippen LogP contribution in [0.5, 0.6) is 0 Å². The highest BCUT2D eigenvalue weighted by Gasteiger charge is 2.22. The molecule has 2 aromatic heterocycles. The van der Waals surface area contributed by atoms with E-state index in [2.05, 4.69) is 25.4 Å². The van der Waals surface area contributed by atoms with Crippen LogP contribution in [0.25, 0.3) is 0 Å². The number of carbonyl (C=O) groups is 1. The molecule has 0 saturated heterocycles. The zero-order valence-corrected chi connectivity index (χ0v) is 12.5. The number of hydrogen-bond acceptors (Lipinski definition) is 6. The van der Waals surface area contributed by atoms with E-state index in [0.29, 0.717) is 17.1 Å². The van der Waals surface area contributed by atoms with Crippen LogP contribution in [0.2, 0.25) is 0 Å². The summed E-state index contributed by atoms with van der Waals surface area (Å²) in [6.07, 6.45) is 0. The van der Waals surface area contributed by atoms with Crippen LogP contribution in [0.3, 0.4) is 0 Å². The molecule has 2 rings (SSSR count). The summed E-state index contributed by atoms with van der Waals surface area (Å²) in [6, 6.07) is 1.52. The summed E-state index contributed by atoms with van der Waals surface area (Å²) in [5.41, 5.74) is 0.750. The Hall–Kier alpha value is -2.20. The maximum absolute atomic E-state index is 12.1. The van der Waals surface area contributed by atoms with Gasteiger partial charge in [0.15, 0.2) is 5.82 Å². The SMILES string of the molecule is Cc1cc(NC(=O)CNS(=O)(=O)c2c(C)n[nH]c2C)no1. The molecule has 21 heavy (non-hydrogen) atoms. The maximum Gasteiger partial charge on any atom is 0.244 e. The normalized spacial score (nSPS) is 11.6. The lowest BCUT2D eigenvalue weighted by atomic mass is 10.4. The van der Waals surface area contributed by atoms with E-state index in [9.17, 15) is 13.2 Å². The fourth-order valence-electron chi connectivity index (χ4n) is 1.78. The van der Waals surface area contributed by atoms with E-state index < -0.39 is 22.5 Å². The first-order chi connectivity index (χ1) is 9.79. The number of amides is 1. The second kappa shape index (κ2) is 5.66. The standard InChI is InChI=1S/C11H15N5O4S/c1-6-4-9(16-20-6)13-10(17)5-12-21(18,19)11-7(2)14-15-8(11)3/h4,12H,5H2,1-3H3,(H,14,15)(H,13,16,17). The second-order valence-electron chi connectivity index (χ2n) is 4.46. The predicted octanol–water partition coefficient (Wildman–Crippen LogP) is 0.240. The van der Waals surface area contributed by atoms with E-state index in [1.54, 1.807) is 20.8 Å². The van der Waals surface area contributed by atoms with Crippen LogP contribution < -0.4 is 10.0 Å². The largest absolute Gasteiger partial charge is 0.360 e. The molecular weight excluding hydrogens is 298 g/mol. The Bertz CT molecular complexity index is 742. The van der Waals surface area contributed by atoms with Crippen molar-refractivity contribution in [2.24, 2.45) is 0 Å². The summed E-state index contributed by atoms with van der Waals surface area (Å²) in [4.78, 5) is 11.7. The number of anilines is 1. The Balaban J connectivity index is 2.00. The van der Waals surface area contributed by atoms with Crippen molar-refractivity contribution in [3.63, 3.8) is 0 Å². The molecule has 0 unspecified atom stereocenters. The minimum Gasteiger partial charge on any atom is -0.360 e. The molecule has 0 saturated carbocycles. The first-order valence-corrected chi connectivity index (χ1v) is 7.52. The van der Waals surface area contributed by atoms with E-state index in [4.69, 9.17) is 4.52 Å². The Morgan fingerprint density at radius 2 is 2.10 bits per heavy atom. The zero-order valence-electron chi connectivity index (χ0n) is 11.7. The minimum absolute atomic E-state index is 0.0487. The van der Waals surface area contributed by atoms with Crippen molar-refractivity contribution in [2.75, 3.05) is 11.9 Å². The Labute approximate surface area is 121 Å². The summed E-state index contributed by atoms with van der Waals surface area (Å²) in [7, 11) is -3.81. The van der Waals surface area contributed by atoms with Gasteiger partial charge in [0.1, 0.15) is 10.7 Å². The van der Waals surface area contributed by atoms with Gasteiger partial charge < -0.3 is 9.84 Å². The van der Waals surface area contributed by atoms with Crippen molar-refractivity contribution in [3.8, 4) is 0 Å². The van der Waals surface area contributed by atoms with Gasteiger partial charge in [-0.15, -0.1) is 0 Å². The zero-order chi connectivity index (χ0) is 15.6. The summed E-state index contributed by atoms with van der Waals surface area (Å²) < 4.78 is 31.2. The highest BCUT2D eigenvalue weighted by molar-refractivity contribution is 7.89. The topological polar surface area (TPSA) is 130 Å². The van der Waals surface area contributed by atoms with Crippen molar-refractivity contribution >= 4 is 21.7 Å². The van der Waals surface area contributed by atoms with Gasteiger partial charge in [0, 0.05) is 6.07 Å². The molecule has 0 aliphatic heterocycles. The van der Waals surface area contributed by atoms with Crippen LogP contribution in [0.1, 0.15) is 17.1 Å². The molecule has 3 N–H and O–H groups in total. The molecule has 2 aromatic rings. The van der Waals surface area contributed by atoms with Gasteiger partial charge >= 0.3 is 0 Å². The minimum atomic E-state index is -3.81. The van der Waals surface area contributed by atoms with Gasteiger partial charge in [-0.05, 0) is 20.8 Å². The van der Waals surface area contributed by atoms with E-state index >= 15 is 0 Å². The fourth-order valence-corrected chi connectivity index (χ4v) is 3.13. The van der Waals surface area contributed by atoms with Crippen LogP contribution in [0.15, 0.2) is 15.5 Å². The summed E-state index contributed by atoms with van der Waals surface area (Å²) in [6.45, 7) is 4.41. The molecule has 0 atom stereocenters. The summed E-state index contributed by atoms with van der Waals surface area (Å²) in [5, 5.41) is 12.4. The molecule has 9 nitrogen and oxygen atoms in total. The Morgan fingerprint density at radius 1 is 1.38 bits per heavy atom. The molecule has 0 aromatic carbocycles. The monoisotopic (exact) mass is 313 g/mol. The van der Waals surface area contributed by atoms with Crippen molar-refractivity contribution in [1.82, 2.24) is 20.1 Å². The smallest absolute Gasteiger partial charge is 0.244 e. The number of carbonyl (C=O) groups excluding carboxylic acids is 1. The molecule has 0 spiro atoms. The lowest BCUT2D eigenvalue weighted by Gasteiger charge is -2.06. The van der Waals surface area contributed by atoms with Gasteiger partial charge in [-0.1, -0.05) is 5.16 Å². The number of aromatic amines is 1. The lowest BCUT2D eigenvalue weighted by Crippen LogP contribution is -2.33. The number of H-pyrrole nitrogens is 1.